The average molecular weight is 364 g/mol. The van der Waals surface area contributed by atoms with Gasteiger partial charge in [0.25, 0.3) is 5.91 Å². The number of aryl methyl sites for hydroxylation is 1. The minimum Gasteiger partial charge on any atom is -0.496 e. The van der Waals surface area contributed by atoms with Crippen LogP contribution in [0.2, 0.25) is 0 Å². The van der Waals surface area contributed by atoms with Gasteiger partial charge in [-0.1, -0.05) is 5.21 Å². The number of methoxy groups -OCH3 is 3. The molecule has 1 aromatic carbocycles. The summed E-state index contributed by atoms with van der Waals surface area (Å²) < 4.78 is 17.8. The molecule has 0 aliphatic carbocycles. The molecule has 0 radical (unpaired) electrons. The zero-order valence-electron chi connectivity index (χ0n) is 14.6. The number of ether oxygens (including phenoxy) is 3. The Bertz CT molecular complexity index is 779. The van der Waals surface area contributed by atoms with Crippen LogP contribution >= 0.6 is 11.8 Å². The lowest BCUT2D eigenvalue weighted by molar-refractivity contribution is 0.0753. The zero-order chi connectivity index (χ0) is 18.0. The van der Waals surface area contributed by atoms with Crippen LogP contribution in [0.4, 0.5) is 0 Å². The Morgan fingerprint density at radius 2 is 1.84 bits per heavy atom. The Balaban J connectivity index is 1.98. The van der Waals surface area contributed by atoms with Gasteiger partial charge in [-0.3, -0.25) is 9.48 Å². The fourth-order valence-corrected chi connectivity index (χ4v) is 4.04. The average Bonchev–Trinajstić information content (AvgIpc) is 3.28. The molecule has 8 nitrogen and oxygen atoms in total. The first-order valence-corrected chi connectivity index (χ1v) is 8.72. The van der Waals surface area contributed by atoms with E-state index in [0.29, 0.717) is 29.5 Å². The summed E-state index contributed by atoms with van der Waals surface area (Å²) in [7, 11) is 6.49. The van der Waals surface area contributed by atoms with Gasteiger partial charge in [0, 0.05) is 31.0 Å². The predicted octanol–water partition coefficient (Wildman–Crippen LogP) is 1.73. The van der Waals surface area contributed by atoms with Gasteiger partial charge in [0.1, 0.15) is 11.1 Å². The van der Waals surface area contributed by atoms with Crippen LogP contribution in [0.5, 0.6) is 17.2 Å². The maximum absolute atomic E-state index is 12.8. The molecule has 0 spiro atoms. The van der Waals surface area contributed by atoms with Crippen molar-refractivity contribution < 1.29 is 19.0 Å². The minimum atomic E-state index is -0.190. The summed E-state index contributed by atoms with van der Waals surface area (Å²) in [6.07, 6.45) is 1.62. The van der Waals surface area contributed by atoms with Gasteiger partial charge in [0.05, 0.1) is 27.5 Å². The summed E-state index contributed by atoms with van der Waals surface area (Å²) in [5.41, 5.74) is 1.19. The molecule has 1 aliphatic rings. The van der Waals surface area contributed by atoms with Crippen LogP contribution in [0.25, 0.3) is 0 Å². The highest BCUT2D eigenvalue weighted by molar-refractivity contribution is 7.99. The number of carbonyl (C=O) groups excluding carboxylic acids is 1. The van der Waals surface area contributed by atoms with E-state index in [1.54, 1.807) is 57.3 Å². The number of benzene rings is 1. The van der Waals surface area contributed by atoms with E-state index in [1.807, 2.05) is 6.07 Å². The van der Waals surface area contributed by atoms with E-state index >= 15 is 0 Å². The van der Waals surface area contributed by atoms with E-state index in [0.717, 1.165) is 11.3 Å². The maximum Gasteiger partial charge on any atom is 0.277 e. The number of amides is 1. The second-order valence-electron chi connectivity index (χ2n) is 5.45. The van der Waals surface area contributed by atoms with Crippen molar-refractivity contribution in [2.45, 2.75) is 5.37 Å². The predicted molar refractivity (Wildman–Crippen MR) is 93.3 cm³/mol. The molecule has 3 rings (SSSR count). The molecule has 0 saturated carbocycles. The molecular weight excluding hydrogens is 344 g/mol. The molecule has 0 N–H and O–H groups in total. The molecule has 1 amide bonds. The molecular formula is C16H20N4O4S. The lowest BCUT2D eigenvalue weighted by Gasteiger charge is -2.25. The summed E-state index contributed by atoms with van der Waals surface area (Å²) in [6.45, 7) is 0.627. The van der Waals surface area contributed by atoms with Gasteiger partial charge < -0.3 is 19.1 Å². The largest absolute Gasteiger partial charge is 0.496 e. The Morgan fingerprint density at radius 3 is 2.44 bits per heavy atom. The topological polar surface area (TPSA) is 78.7 Å². The molecule has 134 valence electrons. The Morgan fingerprint density at radius 1 is 1.16 bits per heavy atom. The minimum absolute atomic E-state index is 0.153. The first-order valence-electron chi connectivity index (χ1n) is 7.67. The molecule has 1 aliphatic heterocycles. The summed E-state index contributed by atoms with van der Waals surface area (Å²) in [6, 6.07) is 3.63. The number of aromatic nitrogens is 3. The smallest absolute Gasteiger partial charge is 0.277 e. The van der Waals surface area contributed by atoms with E-state index in [2.05, 4.69) is 10.3 Å². The standard InChI is InChI=1S/C16H20N4O4S/c1-19-9-11(17-18-19)15(21)20-5-6-25-16(20)10-7-13(23-3)14(24-4)8-12(10)22-2/h7-9,16H,5-6H2,1-4H3. The molecule has 9 heteroatoms. The Kier molecular flexibility index (Phi) is 5.03. The number of rotatable bonds is 5. The van der Waals surface area contributed by atoms with Crippen LogP contribution < -0.4 is 14.2 Å². The molecule has 1 fully saturated rings. The normalized spacial score (nSPS) is 16.8. The molecule has 2 heterocycles. The van der Waals surface area contributed by atoms with Crippen molar-refractivity contribution in [2.75, 3.05) is 33.6 Å². The fraction of sp³-hybridized carbons (Fsp3) is 0.438. The lowest BCUT2D eigenvalue weighted by atomic mass is 10.1. The number of carbonyl (C=O) groups is 1. The highest BCUT2D eigenvalue weighted by Gasteiger charge is 2.35. The van der Waals surface area contributed by atoms with Crippen LogP contribution in [0, 0.1) is 0 Å². The van der Waals surface area contributed by atoms with Crippen molar-refractivity contribution in [1.29, 1.82) is 0 Å². The van der Waals surface area contributed by atoms with Gasteiger partial charge in [0.15, 0.2) is 17.2 Å². The van der Waals surface area contributed by atoms with Gasteiger partial charge in [-0.05, 0) is 6.07 Å². The van der Waals surface area contributed by atoms with Gasteiger partial charge in [-0.2, -0.15) is 0 Å². The number of nitrogens with zero attached hydrogens (tertiary/aromatic N) is 4. The number of thioether (sulfide) groups is 1. The van der Waals surface area contributed by atoms with Crippen LogP contribution in [0.1, 0.15) is 21.4 Å². The van der Waals surface area contributed by atoms with E-state index in [-0.39, 0.29) is 11.3 Å². The maximum atomic E-state index is 12.8. The highest BCUT2D eigenvalue weighted by Crippen LogP contribution is 2.46. The van der Waals surface area contributed by atoms with E-state index in [1.165, 1.54) is 4.68 Å². The second kappa shape index (κ2) is 7.22. The van der Waals surface area contributed by atoms with Crippen molar-refractivity contribution >= 4 is 17.7 Å². The van der Waals surface area contributed by atoms with Crippen molar-refractivity contribution in [3.63, 3.8) is 0 Å². The third-order valence-corrected chi connectivity index (χ3v) is 5.22. The van der Waals surface area contributed by atoms with Gasteiger partial charge in [-0.15, -0.1) is 16.9 Å². The first kappa shape index (κ1) is 17.4. The highest BCUT2D eigenvalue weighted by atomic mass is 32.2. The Labute approximate surface area is 150 Å². The fourth-order valence-electron chi connectivity index (χ4n) is 2.77. The van der Waals surface area contributed by atoms with Crippen molar-refractivity contribution in [2.24, 2.45) is 7.05 Å². The molecule has 1 saturated heterocycles. The van der Waals surface area contributed by atoms with Crippen LogP contribution in [-0.2, 0) is 7.05 Å². The third-order valence-electron chi connectivity index (χ3n) is 3.98. The first-order chi connectivity index (χ1) is 12.1. The quantitative estimate of drug-likeness (QED) is 0.799. The Hall–Kier alpha value is -2.42. The molecule has 1 atom stereocenters. The monoisotopic (exact) mass is 364 g/mol. The molecule has 25 heavy (non-hydrogen) atoms. The van der Waals surface area contributed by atoms with Gasteiger partial charge >= 0.3 is 0 Å². The second-order valence-corrected chi connectivity index (χ2v) is 6.64. The van der Waals surface area contributed by atoms with Crippen molar-refractivity contribution in [1.82, 2.24) is 19.9 Å². The summed E-state index contributed by atoms with van der Waals surface area (Å²) in [5.74, 6) is 2.50. The van der Waals surface area contributed by atoms with Crippen LogP contribution in [0.3, 0.4) is 0 Å². The lowest BCUT2D eigenvalue weighted by Crippen LogP contribution is -2.31. The third kappa shape index (κ3) is 3.23. The van der Waals surface area contributed by atoms with Gasteiger partial charge in [0.2, 0.25) is 0 Å². The number of hydrogen-bond donors (Lipinski definition) is 0. The number of hydrogen-bond acceptors (Lipinski definition) is 7. The van der Waals surface area contributed by atoms with E-state index in [4.69, 9.17) is 14.2 Å². The zero-order valence-corrected chi connectivity index (χ0v) is 15.4. The van der Waals surface area contributed by atoms with Crippen LogP contribution in [0.15, 0.2) is 18.3 Å². The van der Waals surface area contributed by atoms with Crippen molar-refractivity contribution in [3.8, 4) is 17.2 Å². The van der Waals surface area contributed by atoms with Crippen molar-refractivity contribution in [3.05, 3.63) is 29.6 Å². The summed E-state index contributed by atoms with van der Waals surface area (Å²) in [4.78, 5) is 14.6. The van der Waals surface area contributed by atoms with E-state index < -0.39 is 0 Å². The SMILES string of the molecule is COc1cc(OC)c(C2SCCN2C(=O)c2cn(C)nn2)cc1OC. The van der Waals surface area contributed by atoms with Crippen LogP contribution in [-0.4, -0.2) is 59.4 Å². The molecule has 1 unspecified atom stereocenters. The molecule has 0 bridgehead atoms. The van der Waals surface area contributed by atoms with E-state index in [9.17, 15) is 4.79 Å². The van der Waals surface area contributed by atoms with Gasteiger partial charge in [-0.25, -0.2) is 0 Å². The molecule has 2 aromatic rings. The summed E-state index contributed by atoms with van der Waals surface area (Å²) in [5, 5.41) is 7.58. The summed E-state index contributed by atoms with van der Waals surface area (Å²) >= 11 is 1.67. The molecule has 1 aromatic heterocycles.